The molecule has 18 heteroatoms. The van der Waals surface area contributed by atoms with Crippen LogP contribution in [-0.2, 0) is 38.0 Å². The van der Waals surface area contributed by atoms with Crippen LogP contribution in [0.3, 0.4) is 0 Å². The number of hydrogen-bond acceptors (Lipinski definition) is 18. The van der Waals surface area contributed by atoms with Crippen LogP contribution in [-0.4, -0.2) is 170 Å². The zero-order chi connectivity index (χ0) is 43.0. The summed E-state index contributed by atoms with van der Waals surface area (Å²) >= 11 is 0. The number of esters is 1. The van der Waals surface area contributed by atoms with E-state index in [9.17, 15) is 60.7 Å². The normalized spacial score (nSPS) is 40.5. The van der Waals surface area contributed by atoms with Crippen LogP contribution in [0.5, 0.6) is 0 Å². The van der Waals surface area contributed by atoms with Crippen LogP contribution < -0.4 is 0 Å². The molecule has 0 amide bonds. The fourth-order valence-corrected chi connectivity index (χ4v) is 11.1. The summed E-state index contributed by atoms with van der Waals surface area (Å²) in [5.74, 6) is -1.25. The SMILES string of the molecule is C=C(O)C(O)C(OC(CO)CO)OC(COC1OC(CO)C(O)C(O)C1O)C(OC(=O)[C@]1(C)CCC[C@]2(C)C1CC[C@]13CC(=O)C(C)(CC[C@H]12)C3)OC(CO)C(C)O. The van der Waals surface area contributed by atoms with E-state index in [2.05, 4.69) is 20.4 Å². The number of aliphatic hydroxyl groups is 10. The van der Waals surface area contributed by atoms with Crippen LogP contribution in [0.4, 0.5) is 0 Å². The standard InChI is InChI=1S/C40H66O18/c1-20(45)23(16-43)55-33(58-36(52)39(5)10-6-9-38(4)26(39)8-12-40-13-28(47)37(3,19-40)11-7-27(38)40)25(57-35(29(48)21(2)46)54-22(14-41)15-42)18-53-34-32(51)31(50)30(49)24(17-44)56-34/h20,22-27,29-35,41-46,48-51H,2,6-19H2,1,3-5H3/t20?,23?,24?,25?,26?,27-,29?,30?,31?,32?,33?,34?,35?,37?,38+,39+,40+/m0/s1. The Hall–Kier alpha value is -1.88. The Bertz CT molecular complexity index is 1430. The first-order chi connectivity index (χ1) is 27.2. The monoisotopic (exact) mass is 834 g/mol. The second-order valence-electron chi connectivity index (χ2n) is 18.2. The summed E-state index contributed by atoms with van der Waals surface area (Å²) in [4.78, 5) is 28.2. The van der Waals surface area contributed by atoms with Crippen molar-refractivity contribution in [1.82, 2.24) is 0 Å². The lowest BCUT2D eigenvalue weighted by Gasteiger charge is -2.64. The van der Waals surface area contributed by atoms with E-state index in [0.29, 0.717) is 31.5 Å². The molecule has 18 nitrogen and oxygen atoms in total. The van der Waals surface area contributed by atoms with Crippen molar-refractivity contribution in [2.75, 3.05) is 33.0 Å². The van der Waals surface area contributed by atoms with Crippen molar-refractivity contribution in [3.63, 3.8) is 0 Å². The van der Waals surface area contributed by atoms with Crippen LogP contribution in [0, 0.1) is 33.5 Å². The summed E-state index contributed by atoms with van der Waals surface area (Å²) in [6.07, 6.45) is -14.0. The highest BCUT2D eigenvalue weighted by molar-refractivity contribution is 5.88. The topological polar surface area (TPSA) is 292 Å². The van der Waals surface area contributed by atoms with Crippen LogP contribution in [0.1, 0.15) is 85.5 Å². The maximum atomic E-state index is 14.9. The zero-order valence-corrected chi connectivity index (χ0v) is 33.9. The number of Topliss-reactive ketones (excluding diaryl/α,β-unsaturated/α-hetero) is 1. The highest BCUT2D eigenvalue weighted by Crippen LogP contribution is 2.73. The quantitative estimate of drug-likeness (QED) is 0.0438. The summed E-state index contributed by atoms with van der Waals surface area (Å²) in [5, 5.41) is 103. The molecule has 0 aromatic carbocycles. The molecule has 5 fully saturated rings. The molecule has 1 aliphatic heterocycles. The highest BCUT2D eigenvalue weighted by atomic mass is 16.8. The van der Waals surface area contributed by atoms with E-state index in [1.165, 1.54) is 6.92 Å². The molecule has 1 heterocycles. The van der Waals surface area contributed by atoms with Crippen molar-refractivity contribution in [3.8, 4) is 0 Å². The Morgan fingerprint density at radius 1 is 0.862 bits per heavy atom. The third-order valence-electron chi connectivity index (χ3n) is 14.3. The van der Waals surface area contributed by atoms with E-state index in [1.807, 2.05) is 6.92 Å². The number of rotatable bonds is 19. The van der Waals surface area contributed by atoms with Gasteiger partial charge in [0.25, 0.3) is 0 Å². The lowest BCUT2D eigenvalue weighted by Crippen LogP contribution is -2.60. The molecular formula is C40H66O18. The molecule has 4 saturated carbocycles. The van der Waals surface area contributed by atoms with Crippen molar-refractivity contribution in [1.29, 1.82) is 0 Å². The molecule has 0 aromatic rings. The number of hydrogen-bond donors (Lipinski definition) is 10. The number of fused-ring (bicyclic) bond motifs is 3. The number of ether oxygens (including phenoxy) is 6. The van der Waals surface area contributed by atoms with Crippen LogP contribution in [0.15, 0.2) is 12.3 Å². The molecule has 13 unspecified atom stereocenters. The molecule has 5 aliphatic rings. The van der Waals surface area contributed by atoms with Gasteiger partial charge in [-0.25, -0.2) is 0 Å². The molecule has 17 atom stereocenters. The number of aliphatic hydroxyl groups excluding tert-OH is 10. The van der Waals surface area contributed by atoms with E-state index in [0.717, 1.165) is 32.1 Å². The average Bonchev–Trinajstić information content (AvgIpc) is 3.36. The molecule has 10 N–H and O–H groups in total. The van der Waals surface area contributed by atoms with E-state index in [-0.39, 0.29) is 28.1 Å². The van der Waals surface area contributed by atoms with Crippen molar-refractivity contribution in [2.24, 2.45) is 33.5 Å². The molecule has 334 valence electrons. The Morgan fingerprint density at radius 2 is 1.52 bits per heavy atom. The molecule has 58 heavy (non-hydrogen) atoms. The fourth-order valence-electron chi connectivity index (χ4n) is 11.1. The number of ketones is 1. The Balaban J connectivity index is 1.50. The van der Waals surface area contributed by atoms with Gasteiger partial charge in [0.1, 0.15) is 54.3 Å². The lowest BCUT2D eigenvalue weighted by molar-refractivity contribution is -0.331. The van der Waals surface area contributed by atoms with Gasteiger partial charge in [0.15, 0.2) is 18.7 Å². The number of carbonyl (C=O) groups is 2. The van der Waals surface area contributed by atoms with E-state index >= 15 is 0 Å². The maximum absolute atomic E-state index is 14.9. The van der Waals surface area contributed by atoms with Crippen molar-refractivity contribution >= 4 is 11.8 Å². The molecule has 0 aromatic heterocycles. The summed E-state index contributed by atoms with van der Waals surface area (Å²) in [7, 11) is 0. The van der Waals surface area contributed by atoms with Gasteiger partial charge < -0.3 is 79.5 Å². The molecule has 2 bridgehead atoms. The Morgan fingerprint density at radius 3 is 2.12 bits per heavy atom. The van der Waals surface area contributed by atoms with Gasteiger partial charge in [0.2, 0.25) is 6.29 Å². The molecule has 1 spiro atoms. The molecule has 4 aliphatic carbocycles. The Kier molecular flexibility index (Phi) is 15.1. The van der Waals surface area contributed by atoms with E-state index in [1.54, 1.807) is 0 Å². The third-order valence-corrected chi connectivity index (χ3v) is 14.3. The van der Waals surface area contributed by atoms with Gasteiger partial charge in [0, 0.05) is 11.8 Å². The van der Waals surface area contributed by atoms with Crippen LogP contribution in [0.25, 0.3) is 0 Å². The van der Waals surface area contributed by atoms with Gasteiger partial charge in [-0.1, -0.05) is 26.8 Å². The third kappa shape index (κ3) is 9.02. The summed E-state index contributed by atoms with van der Waals surface area (Å²) in [6, 6.07) is 0. The second-order valence-corrected chi connectivity index (χ2v) is 18.2. The van der Waals surface area contributed by atoms with Crippen LogP contribution >= 0.6 is 0 Å². The molecule has 1 saturated heterocycles. The van der Waals surface area contributed by atoms with Gasteiger partial charge in [-0.05, 0) is 81.5 Å². The minimum Gasteiger partial charge on any atom is -0.510 e. The Labute approximate surface area is 338 Å². The van der Waals surface area contributed by atoms with Gasteiger partial charge >= 0.3 is 5.97 Å². The lowest BCUT2D eigenvalue weighted by atomic mass is 9.40. The van der Waals surface area contributed by atoms with Gasteiger partial charge in [-0.15, -0.1) is 0 Å². The summed E-state index contributed by atoms with van der Waals surface area (Å²) in [5.41, 5.74) is -1.90. The molecular weight excluding hydrogens is 768 g/mol. The van der Waals surface area contributed by atoms with Gasteiger partial charge in [-0.2, -0.15) is 0 Å². The molecule has 5 rings (SSSR count). The zero-order valence-electron chi connectivity index (χ0n) is 33.9. The molecule has 0 radical (unpaired) electrons. The fraction of sp³-hybridized carbons (Fsp3) is 0.900. The van der Waals surface area contributed by atoms with Gasteiger partial charge in [0.05, 0.1) is 44.6 Å². The first-order valence-electron chi connectivity index (χ1n) is 20.4. The summed E-state index contributed by atoms with van der Waals surface area (Å²) < 4.78 is 35.2. The van der Waals surface area contributed by atoms with Crippen molar-refractivity contribution in [3.05, 3.63) is 12.3 Å². The van der Waals surface area contributed by atoms with Crippen molar-refractivity contribution < 1.29 is 89.1 Å². The minimum absolute atomic E-state index is 0.136. The smallest absolute Gasteiger partial charge is 0.314 e. The van der Waals surface area contributed by atoms with E-state index in [4.69, 9.17) is 28.4 Å². The highest BCUT2D eigenvalue weighted by Gasteiger charge is 2.68. The van der Waals surface area contributed by atoms with Gasteiger partial charge in [-0.3, -0.25) is 9.59 Å². The predicted octanol–water partition coefficient (Wildman–Crippen LogP) is -0.684. The first kappa shape index (κ1) is 47.2. The van der Waals surface area contributed by atoms with Crippen molar-refractivity contribution in [2.45, 2.75) is 159 Å². The second kappa shape index (κ2) is 18.6. The van der Waals surface area contributed by atoms with E-state index < -0.39 is 124 Å². The summed E-state index contributed by atoms with van der Waals surface area (Å²) in [6.45, 7) is 6.83. The maximum Gasteiger partial charge on any atom is 0.314 e. The largest absolute Gasteiger partial charge is 0.510 e. The minimum atomic E-state index is -2.05. The first-order valence-corrected chi connectivity index (χ1v) is 20.4. The average molecular weight is 835 g/mol. The van der Waals surface area contributed by atoms with Crippen LogP contribution in [0.2, 0.25) is 0 Å². The predicted molar refractivity (Wildman–Crippen MR) is 199 cm³/mol. The number of carbonyl (C=O) groups excluding carboxylic acids is 2.